The summed E-state index contributed by atoms with van der Waals surface area (Å²) in [4.78, 5) is 11.4. The molecule has 112 valence electrons. The molecule has 1 unspecified atom stereocenters. The minimum Gasteiger partial charge on any atom is -0.483 e. The molecule has 0 radical (unpaired) electrons. The van der Waals surface area contributed by atoms with Crippen molar-refractivity contribution in [2.75, 3.05) is 7.11 Å². The molecular weight excluding hydrogens is 336 g/mol. The maximum absolute atomic E-state index is 11.4. The number of esters is 1. The Hall–Kier alpha value is -1.75. The van der Waals surface area contributed by atoms with Gasteiger partial charge in [0, 0.05) is 4.47 Å². The van der Waals surface area contributed by atoms with Crippen LogP contribution in [-0.2, 0) is 4.74 Å². The third kappa shape index (κ3) is 3.47. The van der Waals surface area contributed by atoms with Crippen LogP contribution in [0.2, 0.25) is 0 Å². The van der Waals surface area contributed by atoms with Crippen LogP contribution < -0.4 is 4.74 Å². The number of carbonyl (C=O) groups is 1. The summed E-state index contributed by atoms with van der Waals surface area (Å²) in [7, 11) is 1.32. The van der Waals surface area contributed by atoms with Crippen LogP contribution in [-0.4, -0.2) is 13.1 Å². The Labute approximate surface area is 132 Å². The van der Waals surface area contributed by atoms with Crippen molar-refractivity contribution in [3.8, 4) is 5.75 Å². The van der Waals surface area contributed by atoms with E-state index in [-0.39, 0.29) is 11.9 Å². The number of hydrogen-bond acceptors (Lipinski definition) is 4. The largest absolute Gasteiger partial charge is 0.483 e. The number of furan rings is 1. The molecule has 0 aliphatic carbocycles. The zero-order valence-electron chi connectivity index (χ0n) is 12.4. The van der Waals surface area contributed by atoms with Crippen molar-refractivity contribution in [3.05, 3.63) is 51.4 Å². The first-order valence-corrected chi connectivity index (χ1v) is 7.33. The van der Waals surface area contributed by atoms with E-state index in [2.05, 4.69) is 20.7 Å². The molecule has 0 amide bonds. The highest BCUT2D eigenvalue weighted by atomic mass is 79.9. The average Bonchev–Trinajstić information content (AvgIpc) is 2.93. The van der Waals surface area contributed by atoms with E-state index in [1.165, 1.54) is 7.11 Å². The Morgan fingerprint density at radius 3 is 2.43 bits per heavy atom. The summed E-state index contributed by atoms with van der Waals surface area (Å²) in [6.07, 6.45) is -0.302. The van der Waals surface area contributed by atoms with Gasteiger partial charge in [0.15, 0.2) is 6.10 Å². The van der Waals surface area contributed by atoms with Crippen LogP contribution >= 0.6 is 15.9 Å². The van der Waals surface area contributed by atoms with Gasteiger partial charge in [0.1, 0.15) is 11.5 Å². The summed E-state index contributed by atoms with van der Waals surface area (Å²) in [6.45, 7) is 5.89. The molecule has 1 aromatic carbocycles. The topological polar surface area (TPSA) is 48.7 Å². The van der Waals surface area contributed by atoms with Crippen LogP contribution in [0.15, 0.2) is 33.2 Å². The molecule has 0 saturated carbocycles. The Kier molecular flexibility index (Phi) is 4.73. The van der Waals surface area contributed by atoms with Gasteiger partial charge in [-0.3, -0.25) is 0 Å². The molecule has 0 aliphatic rings. The second-order valence-corrected chi connectivity index (χ2v) is 5.62. The fourth-order valence-corrected chi connectivity index (χ4v) is 2.25. The first kappa shape index (κ1) is 15.6. The molecule has 1 heterocycles. The Bertz CT molecular complexity index is 637. The van der Waals surface area contributed by atoms with Gasteiger partial charge in [0.2, 0.25) is 5.76 Å². The smallest absolute Gasteiger partial charge is 0.373 e. The van der Waals surface area contributed by atoms with Gasteiger partial charge in [-0.2, -0.15) is 0 Å². The van der Waals surface area contributed by atoms with Crippen molar-refractivity contribution < 1.29 is 18.7 Å². The fourth-order valence-electron chi connectivity index (χ4n) is 2.02. The first-order chi connectivity index (χ1) is 9.92. The molecule has 21 heavy (non-hydrogen) atoms. The molecule has 0 fully saturated rings. The fraction of sp³-hybridized carbons (Fsp3) is 0.312. The van der Waals surface area contributed by atoms with Gasteiger partial charge in [0.25, 0.3) is 0 Å². The summed E-state index contributed by atoms with van der Waals surface area (Å²) < 4.78 is 17.0. The second-order valence-electron chi connectivity index (χ2n) is 4.82. The number of ether oxygens (including phenoxy) is 2. The van der Waals surface area contributed by atoms with Gasteiger partial charge in [-0.25, -0.2) is 4.79 Å². The predicted octanol–water partition coefficient (Wildman–Crippen LogP) is 4.59. The van der Waals surface area contributed by atoms with Gasteiger partial charge in [0.05, 0.1) is 7.11 Å². The number of benzene rings is 1. The zero-order chi connectivity index (χ0) is 15.6. The number of hydrogen-bond donors (Lipinski definition) is 0. The Balaban J connectivity index is 2.16. The van der Waals surface area contributed by atoms with Crippen molar-refractivity contribution in [2.24, 2.45) is 0 Å². The lowest BCUT2D eigenvalue weighted by molar-refractivity contribution is 0.0558. The lowest BCUT2D eigenvalue weighted by Crippen LogP contribution is -2.03. The van der Waals surface area contributed by atoms with Gasteiger partial charge in [-0.05, 0) is 56.2 Å². The van der Waals surface area contributed by atoms with Crippen LogP contribution in [0.4, 0.5) is 0 Å². The third-order valence-corrected chi connectivity index (χ3v) is 4.39. The number of methoxy groups -OCH3 is 1. The maximum atomic E-state index is 11.4. The monoisotopic (exact) mass is 352 g/mol. The van der Waals surface area contributed by atoms with E-state index in [9.17, 15) is 4.79 Å². The number of halogens is 1. The van der Waals surface area contributed by atoms with Crippen LogP contribution in [0.25, 0.3) is 0 Å². The number of aryl methyl sites for hydroxylation is 2. The van der Waals surface area contributed by atoms with E-state index in [1.807, 2.05) is 32.9 Å². The molecule has 4 nitrogen and oxygen atoms in total. The Morgan fingerprint density at radius 1 is 1.24 bits per heavy atom. The van der Waals surface area contributed by atoms with Crippen molar-refractivity contribution in [3.63, 3.8) is 0 Å². The van der Waals surface area contributed by atoms with Gasteiger partial charge in [-0.15, -0.1) is 0 Å². The molecular formula is C16H17BrO4. The molecule has 2 aromatic rings. The standard InChI is InChI=1S/C16H17BrO4/c1-9-7-12(8-10(2)15(9)17)20-11(3)13-5-6-14(21-13)16(18)19-4/h5-8,11H,1-4H3. The zero-order valence-corrected chi connectivity index (χ0v) is 14.0. The second kappa shape index (κ2) is 6.35. The lowest BCUT2D eigenvalue weighted by atomic mass is 10.1. The average molecular weight is 353 g/mol. The van der Waals surface area contributed by atoms with E-state index >= 15 is 0 Å². The third-order valence-electron chi connectivity index (χ3n) is 3.14. The quantitative estimate of drug-likeness (QED) is 0.755. The van der Waals surface area contributed by atoms with Crippen LogP contribution in [0, 0.1) is 13.8 Å². The van der Waals surface area contributed by atoms with Crippen molar-refractivity contribution in [1.29, 1.82) is 0 Å². The predicted molar refractivity (Wildman–Crippen MR) is 82.7 cm³/mol. The van der Waals surface area contributed by atoms with E-state index in [0.717, 1.165) is 21.3 Å². The summed E-state index contributed by atoms with van der Waals surface area (Å²) in [5.74, 6) is 1.01. The summed E-state index contributed by atoms with van der Waals surface area (Å²) in [5, 5.41) is 0. The highest BCUT2D eigenvalue weighted by Crippen LogP contribution is 2.29. The van der Waals surface area contributed by atoms with Crippen molar-refractivity contribution >= 4 is 21.9 Å². The highest BCUT2D eigenvalue weighted by molar-refractivity contribution is 9.10. The van der Waals surface area contributed by atoms with E-state index in [1.54, 1.807) is 12.1 Å². The van der Waals surface area contributed by atoms with Crippen molar-refractivity contribution in [1.82, 2.24) is 0 Å². The molecule has 0 saturated heterocycles. The lowest BCUT2D eigenvalue weighted by Gasteiger charge is -2.14. The highest BCUT2D eigenvalue weighted by Gasteiger charge is 2.17. The van der Waals surface area contributed by atoms with E-state index < -0.39 is 5.97 Å². The first-order valence-electron chi connectivity index (χ1n) is 6.53. The van der Waals surface area contributed by atoms with Gasteiger partial charge >= 0.3 is 5.97 Å². The van der Waals surface area contributed by atoms with Crippen LogP contribution in [0.3, 0.4) is 0 Å². The molecule has 2 rings (SSSR count). The van der Waals surface area contributed by atoms with Crippen LogP contribution in [0.1, 0.15) is 40.5 Å². The summed E-state index contributed by atoms with van der Waals surface area (Å²) in [6, 6.07) is 7.21. The number of rotatable bonds is 4. The summed E-state index contributed by atoms with van der Waals surface area (Å²) >= 11 is 3.53. The van der Waals surface area contributed by atoms with Crippen LogP contribution in [0.5, 0.6) is 5.75 Å². The van der Waals surface area contributed by atoms with Crippen molar-refractivity contribution in [2.45, 2.75) is 26.9 Å². The van der Waals surface area contributed by atoms with E-state index in [0.29, 0.717) is 5.76 Å². The minimum atomic E-state index is -0.496. The Morgan fingerprint density at radius 2 is 1.86 bits per heavy atom. The number of carbonyl (C=O) groups excluding carboxylic acids is 1. The maximum Gasteiger partial charge on any atom is 0.373 e. The molecule has 0 N–H and O–H groups in total. The molecule has 0 spiro atoms. The van der Waals surface area contributed by atoms with Gasteiger partial charge in [-0.1, -0.05) is 15.9 Å². The van der Waals surface area contributed by atoms with Gasteiger partial charge < -0.3 is 13.9 Å². The molecule has 1 aromatic heterocycles. The SMILES string of the molecule is COC(=O)c1ccc(C(C)Oc2cc(C)c(Br)c(C)c2)o1. The molecule has 5 heteroatoms. The van der Waals surface area contributed by atoms with E-state index in [4.69, 9.17) is 9.15 Å². The molecule has 0 bridgehead atoms. The molecule has 0 aliphatic heterocycles. The normalized spacial score (nSPS) is 12.0. The molecule has 1 atom stereocenters. The summed E-state index contributed by atoms with van der Waals surface area (Å²) in [5.41, 5.74) is 2.21. The minimum absolute atomic E-state index is 0.172.